The fourth-order valence-electron chi connectivity index (χ4n) is 1.61. The fraction of sp³-hybridized carbons (Fsp3) is 0.200. The molecule has 4 heteroatoms. The van der Waals surface area contributed by atoms with Crippen molar-refractivity contribution in [1.29, 1.82) is 5.26 Å². The number of aryl methyl sites for hydroxylation is 1. The summed E-state index contributed by atoms with van der Waals surface area (Å²) in [7, 11) is 0. The average Bonchev–Trinajstić information content (AvgIpc) is 2.85. The first kappa shape index (κ1) is 13.3. The second kappa shape index (κ2) is 6.17. The molecule has 0 N–H and O–H groups in total. The maximum atomic E-state index is 9.21. The van der Waals surface area contributed by atoms with Gasteiger partial charge in [-0.1, -0.05) is 12.1 Å². The van der Waals surface area contributed by atoms with Crippen molar-refractivity contribution in [1.82, 2.24) is 4.98 Å². The van der Waals surface area contributed by atoms with Crippen LogP contribution >= 0.6 is 11.3 Å². The molecule has 3 nitrogen and oxygen atoms in total. The van der Waals surface area contributed by atoms with Crippen molar-refractivity contribution in [3.8, 4) is 11.8 Å². The lowest BCUT2D eigenvalue weighted by Gasteiger charge is -2.02. The zero-order valence-corrected chi connectivity index (χ0v) is 11.7. The molecule has 0 radical (unpaired) electrons. The van der Waals surface area contributed by atoms with Crippen LogP contribution in [0.2, 0.25) is 0 Å². The van der Waals surface area contributed by atoms with Crippen molar-refractivity contribution in [2.24, 2.45) is 0 Å². The molecular weight excluding hydrogens is 256 g/mol. The molecule has 1 aromatic carbocycles. The molecule has 96 valence electrons. The number of benzene rings is 1. The molecule has 0 unspecified atom stereocenters. The quantitative estimate of drug-likeness (QED) is 0.791. The van der Waals surface area contributed by atoms with Crippen LogP contribution < -0.4 is 4.74 Å². The van der Waals surface area contributed by atoms with E-state index in [-0.39, 0.29) is 0 Å². The molecular formula is C15H14N2OS. The fourth-order valence-corrected chi connectivity index (χ4v) is 2.38. The third-order valence-corrected chi connectivity index (χ3v) is 3.47. The standard InChI is InChI=1S/C15H14N2OS/c1-3-18-14-6-4-12(5-7-14)8-13(9-16)15-17-11(2)10-19-15/h4-8,10H,3H2,1-2H3/b13-8+. The third-order valence-electron chi connectivity index (χ3n) is 2.47. The molecule has 0 aliphatic carbocycles. The predicted molar refractivity (Wildman–Crippen MR) is 77.9 cm³/mol. The Morgan fingerprint density at radius 1 is 1.42 bits per heavy atom. The Morgan fingerprint density at radius 3 is 2.68 bits per heavy atom. The number of rotatable bonds is 4. The monoisotopic (exact) mass is 270 g/mol. The van der Waals surface area contributed by atoms with Gasteiger partial charge in [0.25, 0.3) is 0 Å². The summed E-state index contributed by atoms with van der Waals surface area (Å²) < 4.78 is 5.38. The van der Waals surface area contributed by atoms with E-state index in [1.165, 1.54) is 11.3 Å². The topological polar surface area (TPSA) is 45.9 Å². The largest absolute Gasteiger partial charge is 0.494 e. The number of nitrogens with zero attached hydrogens (tertiary/aromatic N) is 2. The number of hydrogen-bond donors (Lipinski definition) is 0. The molecule has 0 amide bonds. The first-order chi connectivity index (χ1) is 9.22. The number of nitriles is 1. The van der Waals surface area contributed by atoms with E-state index in [4.69, 9.17) is 4.74 Å². The minimum atomic E-state index is 0.585. The zero-order valence-electron chi connectivity index (χ0n) is 10.9. The highest BCUT2D eigenvalue weighted by Crippen LogP contribution is 2.22. The normalized spacial score (nSPS) is 11.1. The summed E-state index contributed by atoms with van der Waals surface area (Å²) >= 11 is 1.49. The summed E-state index contributed by atoms with van der Waals surface area (Å²) in [5, 5.41) is 11.9. The van der Waals surface area contributed by atoms with E-state index in [1.54, 1.807) is 0 Å². The highest BCUT2D eigenvalue weighted by molar-refractivity contribution is 7.11. The number of allylic oxidation sites excluding steroid dienone is 1. The van der Waals surface area contributed by atoms with E-state index in [1.807, 2.05) is 49.6 Å². The second-order valence-electron chi connectivity index (χ2n) is 3.97. The SMILES string of the molecule is CCOc1ccc(/C=C(\C#N)c2nc(C)cs2)cc1. The summed E-state index contributed by atoms with van der Waals surface area (Å²) in [4.78, 5) is 4.33. The van der Waals surface area contributed by atoms with Crippen molar-refractivity contribution < 1.29 is 4.74 Å². The third kappa shape index (κ3) is 3.43. The first-order valence-electron chi connectivity index (χ1n) is 6.00. The van der Waals surface area contributed by atoms with Crippen LogP contribution in [-0.2, 0) is 0 Å². The van der Waals surface area contributed by atoms with Gasteiger partial charge in [-0.2, -0.15) is 5.26 Å². The van der Waals surface area contributed by atoms with Crippen molar-refractivity contribution in [2.75, 3.05) is 6.61 Å². The highest BCUT2D eigenvalue weighted by Gasteiger charge is 2.05. The summed E-state index contributed by atoms with van der Waals surface area (Å²) in [6.07, 6.45) is 1.84. The zero-order chi connectivity index (χ0) is 13.7. The van der Waals surface area contributed by atoms with Gasteiger partial charge in [0.15, 0.2) is 0 Å². The van der Waals surface area contributed by atoms with Crippen LogP contribution in [0.3, 0.4) is 0 Å². The molecule has 19 heavy (non-hydrogen) atoms. The van der Waals surface area contributed by atoms with Crippen LogP contribution in [0.15, 0.2) is 29.6 Å². The Morgan fingerprint density at radius 2 is 2.16 bits per heavy atom. The van der Waals surface area contributed by atoms with Crippen LogP contribution in [0.1, 0.15) is 23.2 Å². The average molecular weight is 270 g/mol. The summed E-state index contributed by atoms with van der Waals surface area (Å²) in [5.74, 6) is 0.836. The van der Waals surface area contributed by atoms with Gasteiger partial charge in [-0.15, -0.1) is 11.3 Å². The maximum absolute atomic E-state index is 9.21. The van der Waals surface area contributed by atoms with E-state index in [9.17, 15) is 5.26 Å². The lowest BCUT2D eigenvalue weighted by atomic mass is 10.1. The molecule has 1 heterocycles. The van der Waals surface area contributed by atoms with Crippen LogP contribution in [0.25, 0.3) is 11.6 Å². The van der Waals surface area contributed by atoms with Crippen LogP contribution in [-0.4, -0.2) is 11.6 Å². The Labute approximate surface area is 116 Å². The van der Waals surface area contributed by atoms with Gasteiger partial charge >= 0.3 is 0 Å². The molecule has 0 fully saturated rings. The van der Waals surface area contributed by atoms with Gasteiger partial charge in [0.2, 0.25) is 0 Å². The molecule has 0 spiro atoms. The smallest absolute Gasteiger partial charge is 0.134 e. The number of thiazole rings is 1. The van der Waals surface area contributed by atoms with Crippen LogP contribution in [0.5, 0.6) is 5.75 Å². The molecule has 1 aromatic heterocycles. The molecule has 0 saturated carbocycles. The van der Waals surface area contributed by atoms with E-state index < -0.39 is 0 Å². The molecule has 0 saturated heterocycles. The Bertz CT molecular complexity index is 620. The first-order valence-corrected chi connectivity index (χ1v) is 6.88. The maximum Gasteiger partial charge on any atom is 0.134 e. The summed E-state index contributed by atoms with van der Waals surface area (Å²) in [6.45, 7) is 4.52. The van der Waals surface area contributed by atoms with Gasteiger partial charge in [0.1, 0.15) is 16.8 Å². The lowest BCUT2D eigenvalue weighted by molar-refractivity contribution is 0.340. The van der Waals surface area contributed by atoms with Gasteiger partial charge in [0, 0.05) is 11.1 Å². The Balaban J connectivity index is 2.25. The van der Waals surface area contributed by atoms with Gasteiger partial charge in [-0.3, -0.25) is 0 Å². The molecule has 0 aliphatic heterocycles. The second-order valence-corrected chi connectivity index (χ2v) is 4.82. The van der Waals surface area contributed by atoms with Crippen LogP contribution in [0.4, 0.5) is 0 Å². The molecule has 0 atom stereocenters. The predicted octanol–water partition coefficient (Wildman–Crippen LogP) is 3.91. The number of aromatic nitrogens is 1. The Kier molecular flexibility index (Phi) is 4.32. The molecule has 0 aliphatic rings. The molecule has 0 bridgehead atoms. The molecule has 2 aromatic rings. The van der Waals surface area contributed by atoms with Gasteiger partial charge in [-0.05, 0) is 37.6 Å². The van der Waals surface area contributed by atoms with Gasteiger partial charge in [-0.25, -0.2) is 4.98 Å². The van der Waals surface area contributed by atoms with Crippen molar-refractivity contribution >= 4 is 23.0 Å². The minimum Gasteiger partial charge on any atom is -0.494 e. The van der Waals surface area contributed by atoms with E-state index in [0.29, 0.717) is 12.2 Å². The van der Waals surface area contributed by atoms with Crippen molar-refractivity contribution in [3.63, 3.8) is 0 Å². The number of ether oxygens (including phenoxy) is 1. The lowest BCUT2D eigenvalue weighted by Crippen LogP contribution is -1.90. The van der Waals surface area contributed by atoms with E-state index in [2.05, 4.69) is 11.1 Å². The molecule has 2 rings (SSSR count). The Hall–Kier alpha value is -2.12. The van der Waals surface area contributed by atoms with Gasteiger partial charge < -0.3 is 4.74 Å². The summed E-state index contributed by atoms with van der Waals surface area (Å²) in [6, 6.07) is 9.86. The van der Waals surface area contributed by atoms with Crippen LogP contribution in [0, 0.1) is 18.3 Å². The van der Waals surface area contributed by atoms with Crippen molar-refractivity contribution in [2.45, 2.75) is 13.8 Å². The highest BCUT2D eigenvalue weighted by atomic mass is 32.1. The van der Waals surface area contributed by atoms with Gasteiger partial charge in [0.05, 0.1) is 12.2 Å². The van der Waals surface area contributed by atoms with E-state index >= 15 is 0 Å². The van der Waals surface area contributed by atoms with E-state index in [0.717, 1.165) is 22.0 Å². The minimum absolute atomic E-state index is 0.585. The van der Waals surface area contributed by atoms with Crippen molar-refractivity contribution in [3.05, 3.63) is 45.9 Å². The summed E-state index contributed by atoms with van der Waals surface area (Å²) in [5.41, 5.74) is 2.49. The number of hydrogen-bond acceptors (Lipinski definition) is 4.